The van der Waals surface area contributed by atoms with Crippen molar-refractivity contribution in [1.82, 2.24) is 4.90 Å². The number of amides is 1. The van der Waals surface area contributed by atoms with Crippen molar-refractivity contribution in [2.75, 3.05) is 19.6 Å². The molecule has 0 saturated carbocycles. The van der Waals surface area contributed by atoms with Gasteiger partial charge in [0.15, 0.2) is 0 Å². The molecule has 2 N–H and O–H groups in total. The van der Waals surface area contributed by atoms with Gasteiger partial charge in [0.1, 0.15) is 5.41 Å². The number of nitro groups is 1. The highest BCUT2D eigenvalue weighted by Crippen LogP contribution is 2.43. The Morgan fingerprint density at radius 2 is 1.58 bits per heavy atom. The molecule has 1 heterocycles. The standard InChI is InChI=1S/C27H27N3O3/c28-26(31)27(22-9-3-1-4-10-22,23-11-5-2-6-12-23)24-17-19-29(20-24)18-7-8-21-13-15-25(16-14-21)30(32)33/h1-16,24H,17-20H2,(H2,28,31)/t24-/m1/s1. The number of hydrogen-bond donors (Lipinski definition) is 1. The topological polar surface area (TPSA) is 89.5 Å². The minimum atomic E-state index is -0.890. The average molecular weight is 442 g/mol. The molecule has 0 radical (unpaired) electrons. The number of nitrogens with two attached hydrogens (primary N) is 1. The highest BCUT2D eigenvalue weighted by Gasteiger charge is 2.49. The number of hydrogen-bond acceptors (Lipinski definition) is 4. The first-order valence-corrected chi connectivity index (χ1v) is 11.1. The number of nitrogens with zero attached hydrogens (tertiary/aromatic N) is 2. The lowest BCUT2D eigenvalue weighted by atomic mass is 9.64. The molecule has 33 heavy (non-hydrogen) atoms. The predicted molar refractivity (Wildman–Crippen MR) is 130 cm³/mol. The van der Waals surface area contributed by atoms with E-state index in [1.54, 1.807) is 12.1 Å². The normalized spacial score (nSPS) is 16.8. The highest BCUT2D eigenvalue weighted by atomic mass is 16.6. The van der Waals surface area contributed by atoms with E-state index in [1.165, 1.54) is 12.1 Å². The maximum atomic E-state index is 13.1. The highest BCUT2D eigenvalue weighted by molar-refractivity contribution is 5.91. The van der Waals surface area contributed by atoms with Crippen LogP contribution in [0.2, 0.25) is 0 Å². The third-order valence-electron chi connectivity index (χ3n) is 6.51. The molecule has 1 aliphatic rings. The quantitative estimate of drug-likeness (QED) is 0.414. The van der Waals surface area contributed by atoms with Gasteiger partial charge < -0.3 is 5.73 Å². The van der Waals surface area contributed by atoms with Crippen molar-refractivity contribution >= 4 is 17.7 Å². The van der Waals surface area contributed by atoms with Crippen LogP contribution in [0.1, 0.15) is 23.1 Å². The number of primary amides is 1. The van der Waals surface area contributed by atoms with Crippen LogP contribution in [0.25, 0.3) is 6.08 Å². The maximum Gasteiger partial charge on any atom is 0.269 e. The third-order valence-corrected chi connectivity index (χ3v) is 6.51. The van der Waals surface area contributed by atoms with Crippen LogP contribution in [0.15, 0.2) is 91.0 Å². The van der Waals surface area contributed by atoms with Crippen LogP contribution >= 0.6 is 0 Å². The summed E-state index contributed by atoms with van der Waals surface area (Å²) in [6, 6.07) is 26.2. The Morgan fingerprint density at radius 3 is 2.09 bits per heavy atom. The van der Waals surface area contributed by atoms with E-state index in [0.29, 0.717) is 0 Å². The molecule has 1 atom stereocenters. The van der Waals surface area contributed by atoms with Gasteiger partial charge in [0.05, 0.1) is 4.92 Å². The van der Waals surface area contributed by atoms with E-state index in [-0.39, 0.29) is 17.5 Å². The van der Waals surface area contributed by atoms with Crippen molar-refractivity contribution in [3.8, 4) is 0 Å². The molecule has 0 aromatic heterocycles. The summed E-state index contributed by atoms with van der Waals surface area (Å²) in [6.45, 7) is 2.34. The van der Waals surface area contributed by atoms with Crippen LogP contribution in [-0.4, -0.2) is 35.4 Å². The van der Waals surface area contributed by atoms with Gasteiger partial charge in [0.25, 0.3) is 5.69 Å². The third kappa shape index (κ3) is 4.56. The Labute approximate surface area is 193 Å². The lowest BCUT2D eigenvalue weighted by Gasteiger charge is -2.37. The Balaban J connectivity index is 1.54. The molecule has 3 aromatic rings. The van der Waals surface area contributed by atoms with E-state index in [9.17, 15) is 14.9 Å². The summed E-state index contributed by atoms with van der Waals surface area (Å²) in [5.41, 5.74) is 8.11. The first kappa shape index (κ1) is 22.4. The number of non-ortho nitro benzene ring substituents is 1. The first-order chi connectivity index (χ1) is 16.0. The van der Waals surface area contributed by atoms with E-state index in [0.717, 1.165) is 42.7 Å². The van der Waals surface area contributed by atoms with Crippen molar-refractivity contribution < 1.29 is 9.72 Å². The van der Waals surface area contributed by atoms with Gasteiger partial charge in [0.2, 0.25) is 5.91 Å². The second kappa shape index (κ2) is 9.79. The van der Waals surface area contributed by atoms with E-state index >= 15 is 0 Å². The van der Waals surface area contributed by atoms with Crippen molar-refractivity contribution in [2.45, 2.75) is 11.8 Å². The van der Waals surface area contributed by atoms with Crippen LogP contribution in [0, 0.1) is 16.0 Å². The SMILES string of the molecule is NC(=O)C(c1ccccc1)(c1ccccc1)[C@@H]1CCN(CC=Cc2ccc([N+](=O)[O-])cc2)C1. The molecule has 1 aliphatic heterocycles. The van der Waals surface area contributed by atoms with Crippen molar-refractivity contribution in [1.29, 1.82) is 0 Å². The fourth-order valence-electron chi connectivity index (χ4n) is 4.92. The number of carbonyl (C=O) groups is 1. The molecule has 4 rings (SSSR count). The molecule has 3 aromatic carbocycles. The molecular formula is C27H27N3O3. The Kier molecular flexibility index (Phi) is 6.66. The van der Waals surface area contributed by atoms with Crippen molar-refractivity contribution in [2.24, 2.45) is 11.7 Å². The predicted octanol–water partition coefficient (Wildman–Crippen LogP) is 4.40. The monoisotopic (exact) mass is 441 g/mol. The summed E-state index contributed by atoms with van der Waals surface area (Å²) in [5, 5.41) is 10.8. The molecule has 1 amide bonds. The van der Waals surface area contributed by atoms with Gasteiger partial charge in [-0.05, 0) is 47.7 Å². The molecule has 0 bridgehead atoms. The summed E-state index contributed by atoms with van der Waals surface area (Å²) >= 11 is 0. The van der Waals surface area contributed by atoms with Crippen LogP contribution in [0.3, 0.4) is 0 Å². The van der Waals surface area contributed by atoms with Crippen molar-refractivity contribution in [3.05, 3.63) is 118 Å². The lowest BCUT2D eigenvalue weighted by molar-refractivity contribution is -0.384. The van der Waals surface area contributed by atoms with Crippen LogP contribution < -0.4 is 5.73 Å². The zero-order chi connectivity index (χ0) is 23.3. The minimum absolute atomic E-state index is 0.0487. The van der Waals surface area contributed by atoms with Gasteiger partial charge in [-0.1, -0.05) is 72.8 Å². The Bertz CT molecular complexity index is 1090. The second-order valence-electron chi connectivity index (χ2n) is 8.40. The average Bonchev–Trinajstić information content (AvgIpc) is 3.30. The van der Waals surface area contributed by atoms with E-state index in [1.807, 2.05) is 66.7 Å². The fourth-order valence-corrected chi connectivity index (χ4v) is 4.92. The number of carbonyl (C=O) groups excluding carboxylic acids is 1. The van der Waals surface area contributed by atoms with Gasteiger partial charge in [-0.2, -0.15) is 0 Å². The summed E-state index contributed by atoms with van der Waals surface area (Å²) in [5.74, 6) is -0.277. The second-order valence-corrected chi connectivity index (χ2v) is 8.40. The number of nitro benzene ring substituents is 1. The molecule has 0 spiro atoms. The molecule has 6 nitrogen and oxygen atoms in total. The van der Waals surface area contributed by atoms with E-state index < -0.39 is 10.3 Å². The molecule has 1 saturated heterocycles. The fraction of sp³-hybridized carbons (Fsp3) is 0.222. The molecule has 6 heteroatoms. The number of benzene rings is 3. The zero-order valence-electron chi connectivity index (χ0n) is 18.3. The smallest absolute Gasteiger partial charge is 0.269 e. The molecule has 0 unspecified atom stereocenters. The van der Waals surface area contributed by atoms with Gasteiger partial charge >= 0.3 is 0 Å². The van der Waals surface area contributed by atoms with Crippen molar-refractivity contribution in [3.63, 3.8) is 0 Å². The van der Waals surface area contributed by atoms with E-state index in [4.69, 9.17) is 5.73 Å². The van der Waals surface area contributed by atoms with Crippen LogP contribution in [-0.2, 0) is 10.2 Å². The van der Waals surface area contributed by atoms with E-state index in [2.05, 4.69) is 11.0 Å². The summed E-state index contributed by atoms with van der Waals surface area (Å²) in [7, 11) is 0. The van der Waals surface area contributed by atoms with Gasteiger partial charge in [-0.3, -0.25) is 19.8 Å². The Morgan fingerprint density at radius 1 is 1.00 bits per heavy atom. The maximum absolute atomic E-state index is 13.1. The largest absolute Gasteiger partial charge is 0.369 e. The van der Waals surface area contributed by atoms with Crippen LogP contribution in [0.4, 0.5) is 5.69 Å². The molecule has 0 aliphatic carbocycles. The molecule has 1 fully saturated rings. The summed E-state index contributed by atoms with van der Waals surface area (Å²) < 4.78 is 0. The van der Waals surface area contributed by atoms with Gasteiger partial charge in [0, 0.05) is 25.2 Å². The number of likely N-dealkylation sites (tertiary alicyclic amines) is 1. The van der Waals surface area contributed by atoms with Crippen LogP contribution in [0.5, 0.6) is 0 Å². The number of rotatable bonds is 8. The molecule has 168 valence electrons. The minimum Gasteiger partial charge on any atom is -0.369 e. The Hall–Kier alpha value is -3.77. The molecular weight excluding hydrogens is 414 g/mol. The van der Waals surface area contributed by atoms with Gasteiger partial charge in [-0.25, -0.2) is 0 Å². The summed E-state index contributed by atoms with van der Waals surface area (Å²) in [4.78, 5) is 25.9. The summed E-state index contributed by atoms with van der Waals surface area (Å²) in [6.07, 6.45) is 4.88. The zero-order valence-corrected chi connectivity index (χ0v) is 18.3. The lowest BCUT2D eigenvalue weighted by Crippen LogP contribution is -2.49. The van der Waals surface area contributed by atoms with Gasteiger partial charge in [-0.15, -0.1) is 0 Å². The first-order valence-electron chi connectivity index (χ1n) is 11.1.